The van der Waals surface area contributed by atoms with E-state index in [9.17, 15) is 26.4 Å². The molecule has 152 valence electrons. The van der Waals surface area contributed by atoms with Crippen molar-refractivity contribution in [1.82, 2.24) is 9.62 Å². The molecule has 0 radical (unpaired) electrons. The first-order valence-electron chi connectivity index (χ1n) is 8.23. The average Bonchev–Trinajstić information content (AvgIpc) is 2.61. The summed E-state index contributed by atoms with van der Waals surface area (Å²) in [6.45, 7) is 1.25. The first kappa shape index (κ1) is 22.2. The highest BCUT2D eigenvalue weighted by Crippen LogP contribution is 2.36. The van der Waals surface area contributed by atoms with Crippen molar-refractivity contribution in [1.29, 1.82) is 0 Å². The highest BCUT2D eigenvalue weighted by molar-refractivity contribution is 7.89. The second-order valence-corrected chi connectivity index (χ2v) is 8.20. The number of likely N-dealkylation sites (N-methyl/N-ethyl adjacent to an activating group) is 1. The van der Waals surface area contributed by atoms with Gasteiger partial charge in [-0.1, -0.05) is 41.9 Å². The van der Waals surface area contributed by atoms with Crippen LogP contribution in [0.2, 0.25) is 5.02 Å². The van der Waals surface area contributed by atoms with Crippen molar-refractivity contribution in [2.24, 2.45) is 0 Å². The summed E-state index contributed by atoms with van der Waals surface area (Å²) in [6, 6.07) is 10.8. The van der Waals surface area contributed by atoms with E-state index in [2.05, 4.69) is 5.32 Å². The molecule has 0 fully saturated rings. The summed E-state index contributed by atoms with van der Waals surface area (Å²) in [4.78, 5) is 11.4. The molecule has 0 aliphatic carbocycles. The van der Waals surface area contributed by atoms with Crippen LogP contribution in [0.1, 0.15) is 18.1 Å². The van der Waals surface area contributed by atoms with Gasteiger partial charge in [-0.2, -0.15) is 17.5 Å². The Labute approximate surface area is 166 Å². The summed E-state index contributed by atoms with van der Waals surface area (Å²) >= 11 is 5.57. The minimum absolute atomic E-state index is 0.176. The van der Waals surface area contributed by atoms with Crippen molar-refractivity contribution in [3.63, 3.8) is 0 Å². The van der Waals surface area contributed by atoms with E-state index in [1.165, 1.54) is 0 Å². The Morgan fingerprint density at radius 2 is 1.79 bits per heavy atom. The van der Waals surface area contributed by atoms with Gasteiger partial charge in [0, 0.05) is 13.1 Å². The van der Waals surface area contributed by atoms with Gasteiger partial charge in [-0.25, -0.2) is 8.42 Å². The molecular weight excluding hydrogens is 417 g/mol. The number of hydrogen-bond donors (Lipinski definition) is 1. The van der Waals surface area contributed by atoms with Crippen LogP contribution in [0.25, 0.3) is 0 Å². The molecular formula is C18H18ClF3N2O3S. The molecule has 0 saturated carbocycles. The fourth-order valence-corrected chi connectivity index (χ4v) is 4.09. The van der Waals surface area contributed by atoms with Gasteiger partial charge >= 0.3 is 6.18 Å². The zero-order chi connectivity index (χ0) is 20.9. The van der Waals surface area contributed by atoms with Crippen LogP contribution >= 0.6 is 11.6 Å². The van der Waals surface area contributed by atoms with Gasteiger partial charge in [-0.15, -0.1) is 0 Å². The monoisotopic (exact) mass is 434 g/mol. The number of carbonyl (C=O) groups excluding carboxylic acids is 1. The Morgan fingerprint density at radius 3 is 2.36 bits per heavy atom. The molecule has 1 amide bonds. The molecule has 0 saturated heterocycles. The van der Waals surface area contributed by atoms with Crippen LogP contribution in [0.15, 0.2) is 53.4 Å². The molecule has 0 atom stereocenters. The third-order valence-electron chi connectivity index (χ3n) is 3.78. The summed E-state index contributed by atoms with van der Waals surface area (Å²) in [6.07, 6.45) is -4.81. The van der Waals surface area contributed by atoms with Crippen molar-refractivity contribution in [3.05, 3.63) is 64.7 Å². The van der Waals surface area contributed by atoms with Crippen molar-refractivity contribution in [3.8, 4) is 0 Å². The quantitative estimate of drug-likeness (QED) is 0.722. The number of halogens is 4. The SMILES string of the molecule is CCNC(=O)CN(Cc1ccccc1)S(=O)(=O)c1ccc(Cl)c(C(F)(F)F)c1. The van der Waals surface area contributed by atoms with Gasteiger partial charge < -0.3 is 5.32 Å². The first-order valence-corrected chi connectivity index (χ1v) is 10.0. The maximum atomic E-state index is 13.1. The van der Waals surface area contributed by atoms with E-state index in [0.29, 0.717) is 11.6 Å². The molecule has 2 aromatic rings. The number of amides is 1. The Balaban J connectivity index is 2.46. The fourth-order valence-electron chi connectivity index (χ4n) is 2.46. The topological polar surface area (TPSA) is 66.5 Å². The van der Waals surface area contributed by atoms with Gasteiger partial charge in [0.1, 0.15) is 0 Å². The van der Waals surface area contributed by atoms with Gasteiger partial charge in [0.15, 0.2) is 0 Å². The molecule has 0 aromatic heterocycles. The Bertz CT molecular complexity index is 935. The first-order chi connectivity index (χ1) is 13.1. The summed E-state index contributed by atoms with van der Waals surface area (Å²) in [5.41, 5.74) is -0.673. The fraction of sp³-hybridized carbons (Fsp3) is 0.278. The molecule has 0 unspecified atom stereocenters. The maximum absolute atomic E-state index is 13.1. The Morgan fingerprint density at radius 1 is 1.14 bits per heavy atom. The molecule has 0 bridgehead atoms. The molecule has 10 heteroatoms. The minimum atomic E-state index is -4.81. The molecule has 1 N–H and O–H groups in total. The lowest BCUT2D eigenvalue weighted by molar-refractivity contribution is -0.137. The number of carbonyl (C=O) groups is 1. The van der Waals surface area contributed by atoms with E-state index in [0.717, 1.165) is 16.4 Å². The molecule has 2 rings (SSSR count). The minimum Gasteiger partial charge on any atom is -0.355 e. The van der Waals surface area contributed by atoms with Gasteiger partial charge in [0.05, 0.1) is 22.0 Å². The lowest BCUT2D eigenvalue weighted by Crippen LogP contribution is -2.40. The second-order valence-electron chi connectivity index (χ2n) is 5.85. The van der Waals surface area contributed by atoms with Crippen LogP contribution in [0, 0.1) is 0 Å². The maximum Gasteiger partial charge on any atom is 0.417 e. The molecule has 0 spiro atoms. The molecule has 0 aliphatic heterocycles. The molecule has 5 nitrogen and oxygen atoms in total. The summed E-state index contributed by atoms with van der Waals surface area (Å²) in [5, 5.41) is 1.88. The predicted molar refractivity (Wildman–Crippen MR) is 99.2 cm³/mol. The van der Waals surface area contributed by atoms with Crippen LogP contribution in [0.4, 0.5) is 13.2 Å². The number of hydrogen-bond acceptors (Lipinski definition) is 3. The van der Waals surface area contributed by atoms with Crippen molar-refractivity contribution in [2.45, 2.75) is 24.5 Å². The third-order valence-corrected chi connectivity index (χ3v) is 5.89. The molecule has 28 heavy (non-hydrogen) atoms. The van der Waals surface area contributed by atoms with E-state index in [1.807, 2.05) is 0 Å². The van der Waals surface area contributed by atoms with E-state index in [4.69, 9.17) is 11.6 Å². The van der Waals surface area contributed by atoms with E-state index >= 15 is 0 Å². The smallest absolute Gasteiger partial charge is 0.355 e. The zero-order valence-corrected chi connectivity index (χ0v) is 16.4. The second kappa shape index (κ2) is 8.93. The average molecular weight is 435 g/mol. The van der Waals surface area contributed by atoms with Crippen molar-refractivity contribution in [2.75, 3.05) is 13.1 Å². The number of alkyl halides is 3. The largest absolute Gasteiger partial charge is 0.417 e. The van der Waals surface area contributed by atoms with Crippen LogP contribution in [-0.4, -0.2) is 31.7 Å². The highest BCUT2D eigenvalue weighted by Gasteiger charge is 2.36. The van der Waals surface area contributed by atoms with E-state index < -0.39 is 44.1 Å². The van der Waals surface area contributed by atoms with Gasteiger partial charge in [-0.3, -0.25) is 4.79 Å². The van der Waals surface area contributed by atoms with Crippen molar-refractivity contribution < 1.29 is 26.4 Å². The summed E-state index contributed by atoms with van der Waals surface area (Å²) in [7, 11) is -4.40. The molecule has 2 aromatic carbocycles. The van der Waals surface area contributed by atoms with Crippen LogP contribution in [-0.2, 0) is 27.5 Å². The normalized spacial score (nSPS) is 12.2. The highest BCUT2D eigenvalue weighted by atomic mass is 35.5. The third kappa shape index (κ3) is 5.46. The number of nitrogens with one attached hydrogen (secondary N) is 1. The summed E-state index contributed by atoms with van der Waals surface area (Å²) in [5.74, 6) is -0.563. The zero-order valence-electron chi connectivity index (χ0n) is 14.8. The Kier molecular flexibility index (Phi) is 7.08. The predicted octanol–water partition coefficient (Wildman–Crippen LogP) is 3.69. The number of benzene rings is 2. The van der Waals surface area contributed by atoms with Crippen molar-refractivity contribution >= 4 is 27.5 Å². The van der Waals surface area contributed by atoms with E-state index in [1.54, 1.807) is 37.3 Å². The van der Waals surface area contributed by atoms with Gasteiger partial charge in [-0.05, 0) is 30.7 Å². The number of rotatable bonds is 7. The molecule has 0 aliphatic rings. The number of sulfonamides is 1. The molecule has 0 heterocycles. The van der Waals surface area contributed by atoms with Crippen LogP contribution < -0.4 is 5.32 Å². The standard InChI is InChI=1S/C18H18ClF3N2O3S/c1-2-23-17(25)12-24(11-13-6-4-3-5-7-13)28(26,27)14-8-9-16(19)15(10-14)18(20,21)22/h3-10H,2,11-12H2,1H3,(H,23,25). The lowest BCUT2D eigenvalue weighted by atomic mass is 10.2. The summed E-state index contributed by atoms with van der Waals surface area (Å²) < 4.78 is 66.2. The van der Waals surface area contributed by atoms with E-state index in [-0.39, 0.29) is 13.1 Å². The number of nitrogens with zero attached hydrogens (tertiary/aromatic N) is 1. The lowest BCUT2D eigenvalue weighted by Gasteiger charge is -2.22. The Hall–Kier alpha value is -2.10. The van der Waals surface area contributed by atoms with Gasteiger partial charge in [0.2, 0.25) is 15.9 Å². The van der Waals surface area contributed by atoms with Crippen LogP contribution in [0.5, 0.6) is 0 Å². The van der Waals surface area contributed by atoms with Gasteiger partial charge in [0.25, 0.3) is 0 Å². The van der Waals surface area contributed by atoms with Crippen LogP contribution in [0.3, 0.4) is 0 Å².